The van der Waals surface area contributed by atoms with Crippen LogP contribution in [-0.2, 0) is 0 Å². The molecule has 0 aliphatic heterocycles. The SMILES string of the molecule is CC[C@@H](N)c1ccc(Cl)c(C(=O)c2ccc(N(C)C)nc2)c1F.[HH].[HH].[HH]. The zero-order valence-electron chi connectivity index (χ0n) is 13.3. The molecule has 128 valence electrons. The van der Waals surface area contributed by atoms with Crippen LogP contribution < -0.4 is 10.6 Å². The summed E-state index contributed by atoms with van der Waals surface area (Å²) in [7, 11) is 3.69. The van der Waals surface area contributed by atoms with Crippen LogP contribution in [0.4, 0.5) is 10.2 Å². The third-order valence-electron chi connectivity index (χ3n) is 3.66. The molecule has 0 bridgehead atoms. The number of carbonyl (C=O) groups is 1. The van der Waals surface area contributed by atoms with Crippen LogP contribution in [0.15, 0.2) is 30.5 Å². The molecule has 0 saturated heterocycles. The van der Waals surface area contributed by atoms with Gasteiger partial charge in [0.25, 0.3) is 0 Å². The standard InChI is InChI=1S/C17H19ClFN3O.3H2/c1-4-13(20)11-6-7-12(18)15(16(11)19)17(23)10-5-8-14(21-9-10)22(2)3;;;/h5-9,13H,4,20H2,1-3H3;3*1H/t13-;;;/m1.../s1. The lowest BCUT2D eigenvalue weighted by Gasteiger charge is -2.15. The minimum atomic E-state index is -0.659. The minimum Gasteiger partial charge on any atom is -0.363 e. The zero-order valence-corrected chi connectivity index (χ0v) is 14.1. The number of rotatable bonds is 5. The van der Waals surface area contributed by atoms with Crippen molar-refractivity contribution in [1.29, 1.82) is 0 Å². The Morgan fingerprint density at radius 2 is 2.09 bits per heavy atom. The first kappa shape index (κ1) is 17.4. The molecule has 2 N–H and O–H groups in total. The molecule has 0 aliphatic carbocycles. The first-order valence-electron chi connectivity index (χ1n) is 7.28. The minimum absolute atomic E-state index is 0. The molecule has 0 amide bonds. The molecule has 2 aromatic rings. The third kappa shape index (κ3) is 3.51. The van der Waals surface area contributed by atoms with Crippen LogP contribution in [0.5, 0.6) is 0 Å². The van der Waals surface area contributed by atoms with Gasteiger partial charge in [0, 0.05) is 41.7 Å². The van der Waals surface area contributed by atoms with Crippen molar-refractivity contribution in [2.24, 2.45) is 5.73 Å². The molecule has 0 aliphatic rings. The molecule has 0 spiro atoms. The molecule has 6 heteroatoms. The van der Waals surface area contributed by atoms with E-state index in [4.69, 9.17) is 17.3 Å². The average molecular weight is 342 g/mol. The highest BCUT2D eigenvalue weighted by Gasteiger charge is 2.23. The van der Waals surface area contributed by atoms with Crippen LogP contribution in [0.1, 0.15) is 45.2 Å². The van der Waals surface area contributed by atoms with E-state index in [1.54, 1.807) is 12.1 Å². The smallest absolute Gasteiger partial charge is 0.199 e. The van der Waals surface area contributed by atoms with Crippen molar-refractivity contribution in [2.45, 2.75) is 19.4 Å². The Kier molecular flexibility index (Phi) is 5.34. The van der Waals surface area contributed by atoms with Crippen molar-refractivity contribution in [2.75, 3.05) is 19.0 Å². The van der Waals surface area contributed by atoms with Crippen LogP contribution >= 0.6 is 11.6 Å². The first-order valence-corrected chi connectivity index (χ1v) is 7.66. The van der Waals surface area contributed by atoms with Crippen molar-refractivity contribution >= 4 is 23.2 Å². The molecule has 1 heterocycles. The molecule has 0 radical (unpaired) electrons. The van der Waals surface area contributed by atoms with Crippen LogP contribution in [0.2, 0.25) is 5.02 Å². The maximum atomic E-state index is 14.7. The molecular weight excluding hydrogens is 317 g/mol. The maximum Gasteiger partial charge on any atom is 0.199 e. The largest absolute Gasteiger partial charge is 0.363 e. The number of ketones is 1. The number of halogens is 2. The highest BCUT2D eigenvalue weighted by atomic mass is 35.5. The normalized spacial score (nSPS) is 12.1. The van der Waals surface area contributed by atoms with Gasteiger partial charge in [0.2, 0.25) is 0 Å². The van der Waals surface area contributed by atoms with Gasteiger partial charge in [-0.05, 0) is 24.6 Å². The molecular formula is C17H25ClFN3O. The second-order valence-corrected chi connectivity index (χ2v) is 5.88. The highest BCUT2D eigenvalue weighted by molar-refractivity contribution is 6.35. The first-order chi connectivity index (χ1) is 10.9. The van der Waals surface area contributed by atoms with Gasteiger partial charge >= 0.3 is 0 Å². The van der Waals surface area contributed by atoms with Crippen LogP contribution in [0.25, 0.3) is 0 Å². The molecule has 0 saturated carbocycles. The fourth-order valence-electron chi connectivity index (χ4n) is 2.21. The van der Waals surface area contributed by atoms with E-state index in [-0.39, 0.29) is 26.0 Å². The van der Waals surface area contributed by atoms with Gasteiger partial charge in [-0.1, -0.05) is 24.6 Å². The number of aromatic nitrogens is 1. The number of hydrogen-bond acceptors (Lipinski definition) is 4. The van der Waals surface area contributed by atoms with Gasteiger partial charge in [-0.15, -0.1) is 0 Å². The third-order valence-corrected chi connectivity index (χ3v) is 3.97. The van der Waals surface area contributed by atoms with Crippen molar-refractivity contribution in [3.05, 3.63) is 58.0 Å². The number of benzene rings is 1. The Hall–Kier alpha value is -1.98. The Balaban J connectivity index is 0. The summed E-state index contributed by atoms with van der Waals surface area (Å²) in [6, 6.07) is 5.85. The number of carbonyl (C=O) groups excluding carboxylic acids is 1. The van der Waals surface area contributed by atoms with Gasteiger partial charge in [-0.2, -0.15) is 0 Å². The summed E-state index contributed by atoms with van der Waals surface area (Å²) >= 11 is 6.05. The fraction of sp³-hybridized carbons (Fsp3) is 0.294. The molecule has 1 aromatic heterocycles. The molecule has 4 nitrogen and oxygen atoms in total. The molecule has 1 atom stereocenters. The van der Waals surface area contributed by atoms with Gasteiger partial charge in [-0.25, -0.2) is 9.37 Å². The van der Waals surface area contributed by atoms with E-state index in [2.05, 4.69) is 4.98 Å². The van der Waals surface area contributed by atoms with E-state index in [1.807, 2.05) is 25.9 Å². The van der Waals surface area contributed by atoms with Crippen molar-refractivity contribution < 1.29 is 13.5 Å². The number of nitrogens with zero attached hydrogens (tertiary/aromatic N) is 2. The lowest BCUT2D eigenvalue weighted by atomic mass is 9.97. The second-order valence-electron chi connectivity index (χ2n) is 5.47. The lowest BCUT2D eigenvalue weighted by Crippen LogP contribution is -2.15. The number of anilines is 1. The van der Waals surface area contributed by atoms with E-state index >= 15 is 0 Å². The molecule has 23 heavy (non-hydrogen) atoms. The van der Waals surface area contributed by atoms with E-state index in [0.717, 1.165) is 0 Å². The van der Waals surface area contributed by atoms with Gasteiger partial charge in [0.15, 0.2) is 5.78 Å². The monoisotopic (exact) mass is 341 g/mol. The van der Waals surface area contributed by atoms with Crippen LogP contribution in [0, 0.1) is 5.82 Å². The Bertz CT molecular complexity index is 730. The summed E-state index contributed by atoms with van der Waals surface area (Å²) in [4.78, 5) is 18.6. The van der Waals surface area contributed by atoms with Crippen molar-refractivity contribution in [3.63, 3.8) is 0 Å². The molecule has 2 rings (SSSR count). The van der Waals surface area contributed by atoms with E-state index < -0.39 is 17.6 Å². The van der Waals surface area contributed by atoms with E-state index in [9.17, 15) is 9.18 Å². The second kappa shape index (κ2) is 7.06. The van der Waals surface area contributed by atoms with E-state index in [0.29, 0.717) is 12.2 Å². The number of nitrogens with two attached hydrogens (primary N) is 1. The number of pyridine rings is 1. The predicted molar refractivity (Wildman–Crippen MR) is 97.0 cm³/mol. The van der Waals surface area contributed by atoms with Gasteiger partial charge in [0.1, 0.15) is 11.6 Å². The van der Waals surface area contributed by atoms with Gasteiger partial charge in [0.05, 0.1) is 10.6 Å². The van der Waals surface area contributed by atoms with Crippen molar-refractivity contribution in [3.8, 4) is 0 Å². The Morgan fingerprint density at radius 3 is 2.61 bits per heavy atom. The highest BCUT2D eigenvalue weighted by Crippen LogP contribution is 2.28. The fourth-order valence-corrected chi connectivity index (χ4v) is 2.44. The van der Waals surface area contributed by atoms with Crippen LogP contribution in [-0.4, -0.2) is 24.9 Å². The maximum absolute atomic E-state index is 14.7. The van der Waals surface area contributed by atoms with Gasteiger partial charge < -0.3 is 10.6 Å². The quantitative estimate of drug-likeness (QED) is 0.823. The summed E-state index contributed by atoms with van der Waals surface area (Å²) in [6.07, 6.45) is 1.98. The summed E-state index contributed by atoms with van der Waals surface area (Å²) in [5.41, 5.74) is 6.30. The Labute approximate surface area is 144 Å². The topological polar surface area (TPSA) is 59.2 Å². The summed E-state index contributed by atoms with van der Waals surface area (Å²) in [6.45, 7) is 1.85. The lowest BCUT2D eigenvalue weighted by molar-refractivity contribution is 0.103. The summed E-state index contributed by atoms with van der Waals surface area (Å²) < 4.78 is 14.7. The number of hydrogen-bond donors (Lipinski definition) is 1. The van der Waals surface area contributed by atoms with E-state index in [1.165, 1.54) is 18.3 Å². The molecule has 0 unspecified atom stereocenters. The van der Waals surface area contributed by atoms with Gasteiger partial charge in [-0.3, -0.25) is 4.79 Å². The molecule has 1 aromatic carbocycles. The molecule has 0 fully saturated rings. The van der Waals surface area contributed by atoms with Crippen molar-refractivity contribution in [1.82, 2.24) is 4.98 Å². The summed E-state index contributed by atoms with van der Waals surface area (Å²) in [5.74, 6) is -0.459. The average Bonchev–Trinajstić information content (AvgIpc) is 2.54. The van der Waals surface area contributed by atoms with Crippen LogP contribution in [0.3, 0.4) is 0 Å². The summed E-state index contributed by atoms with van der Waals surface area (Å²) in [5, 5.41) is 0.0660. The predicted octanol–water partition coefficient (Wildman–Crippen LogP) is 4.32. The zero-order chi connectivity index (χ0) is 17.1. The Morgan fingerprint density at radius 1 is 1.39 bits per heavy atom.